The fourth-order valence-electron chi connectivity index (χ4n) is 0.200. The second-order valence-electron chi connectivity index (χ2n) is 1.25. The summed E-state index contributed by atoms with van der Waals surface area (Å²) in [7, 11) is 0. The molecule has 0 saturated heterocycles. The van der Waals surface area contributed by atoms with Gasteiger partial charge in [-0.05, 0) is 13.8 Å². The van der Waals surface area contributed by atoms with Crippen LogP contribution in [0.5, 0.6) is 0 Å². The molecule has 0 aliphatic rings. The largest absolute Gasteiger partial charge is 0.465 e. The molecular weight excluding hydrogens is 156 g/mol. The molecule has 62 valence electrons. The number of alkyl halides is 1. The molecule has 0 fully saturated rings. The van der Waals surface area contributed by atoms with Crippen molar-refractivity contribution in [3.63, 3.8) is 0 Å². The molecule has 0 bridgehead atoms. The van der Waals surface area contributed by atoms with Crippen molar-refractivity contribution >= 4 is 17.6 Å². The monoisotopic (exact) mass is 168 g/mol. The summed E-state index contributed by atoms with van der Waals surface area (Å²) in [5, 5.41) is 7.57. The summed E-state index contributed by atoms with van der Waals surface area (Å²) in [5.74, 6) is -0.405. The molecule has 0 radical (unpaired) electrons. The first kappa shape index (κ1) is 12.4. The highest BCUT2D eigenvalue weighted by Gasteiger charge is 1.93. The summed E-state index contributed by atoms with van der Waals surface area (Å²) in [5.41, 5.74) is 0. The molecule has 0 aromatic heterocycles. The Morgan fingerprint density at radius 2 is 2.00 bits per heavy atom. The summed E-state index contributed by atoms with van der Waals surface area (Å²) < 4.78 is 4.42. The molecule has 0 rings (SSSR count). The fourth-order valence-corrected chi connectivity index (χ4v) is 0.277. The Labute approximate surface area is 65.9 Å². The number of hydrogen-bond acceptors (Lipinski definition) is 3. The minimum Gasteiger partial charge on any atom is -0.465 e. The molecule has 0 amide bonds. The summed E-state index contributed by atoms with van der Waals surface area (Å²) in [6, 6.07) is 0. The van der Waals surface area contributed by atoms with E-state index in [9.17, 15) is 4.79 Å². The smallest absolute Gasteiger partial charge is 0.320 e. The van der Waals surface area contributed by atoms with Crippen LogP contribution in [0.2, 0.25) is 0 Å². The van der Waals surface area contributed by atoms with E-state index < -0.39 is 0 Å². The van der Waals surface area contributed by atoms with E-state index in [1.54, 1.807) is 13.8 Å². The van der Waals surface area contributed by atoms with E-state index in [0.29, 0.717) is 6.61 Å². The standard InChI is InChI=1S/C4H7ClO2.C2H6O/c1-2-7-4(6)3-5;1-2-3/h2-3H2,1H3;3H,2H2,1H3. The normalized spacial score (nSPS) is 7.60. The summed E-state index contributed by atoms with van der Waals surface area (Å²) in [6.45, 7) is 4.08. The van der Waals surface area contributed by atoms with Crippen molar-refractivity contribution in [2.24, 2.45) is 0 Å². The van der Waals surface area contributed by atoms with Gasteiger partial charge in [-0.2, -0.15) is 0 Å². The van der Waals surface area contributed by atoms with Crippen LogP contribution in [-0.4, -0.2) is 30.2 Å². The Kier molecular flexibility index (Phi) is 14.3. The van der Waals surface area contributed by atoms with E-state index in [0.717, 1.165) is 0 Å². The van der Waals surface area contributed by atoms with Gasteiger partial charge in [0.1, 0.15) is 5.88 Å². The van der Waals surface area contributed by atoms with Crippen LogP contribution in [0, 0.1) is 0 Å². The number of esters is 1. The second kappa shape index (κ2) is 11.5. The maximum atomic E-state index is 10.1. The zero-order chi connectivity index (χ0) is 8.41. The van der Waals surface area contributed by atoms with E-state index >= 15 is 0 Å². The predicted octanol–water partition coefficient (Wildman–Crippen LogP) is 0.787. The SMILES string of the molecule is CCO.CCOC(=O)CCl. The van der Waals surface area contributed by atoms with Gasteiger partial charge >= 0.3 is 5.97 Å². The van der Waals surface area contributed by atoms with Crippen molar-refractivity contribution in [2.75, 3.05) is 19.1 Å². The van der Waals surface area contributed by atoms with Gasteiger partial charge in [0, 0.05) is 6.61 Å². The average Bonchev–Trinajstić information content (AvgIpc) is 1.90. The quantitative estimate of drug-likeness (QED) is 0.490. The number of aliphatic hydroxyl groups excluding tert-OH is 1. The lowest BCUT2D eigenvalue weighted by atomic mass is 10.8. The van der Waals surface area contributed by atoms with Crippen molar-refractivity contribution in [3.8, 4) is 0 Å². The van der Waals surface area contributed by atoms with Gasteiger partial charge in [0.15, 0.2) is 0 Å². The van der Waals surface area contributed by atoms with Gasteiger partial charge in [-0.3, -0.25) is 4.79 Å². The van der Waals surface area contributed by atoms with Gasteiger partial charge in [-0.15, -0.1) is 11.6 Å². The maximum absolute atomic E-state index is 10.1. The molecule has 0 aliphatic carbocycles. The van der Waals surface area contributed by atoms with Gasteiger partial charge in [0.2, 0.25) is 0 Å². The van der Waals surface area contributed by atoms with Crippen molar-refractivity contribution < 1.29 is 14.6 Å². The van der Waals surface area contributed by atoms with E-state index in [1.807, 2.05) is 0 Å². The topological polar surface area (TPSA) is 46.5 Å². The Bertz CT molecular complexity index is 75.4. The lowest BCUT2D eigenvalue weighted by Gasteiger charge is -1.92. The van der Waals surface area contributed by atoms with Crippen LogP contribution in [0.25, 0.3) is 0 Å². The summed E-state index contributed by atoms with van der Waals surface area (Å²) in [6.07, 6.45) is 0. The molecule has 0 spiro atoms. The van der Waals surface area contributed by atoms with Crippen LogP contribution in [0.15, 0.2) is 0 Å². The third-order valence-corrected chi connectivity index (χ3v) is 0.633. The van der Waals surface area contributed by atoms with Crippen LogP contribution in [0.1, 0.15) is 13.8 Å². The van der Waals surface area contributed by atoms with Crippen LogP contribution in [0.3, 0.4) is 0 Å². The van der Waals surface area contributed by atoms with Crippen LogP contribution < -0.4 is 0 Å². The Hall–Kier alpha value is -0.280. The summed E-state index contributed by atoms with van der Waals surface area (Å²) >= 11 is 5.06. The molecule has 1 N–H and O–H groups in total. The highest BCUT2D eigenvalue weighted by molar-refractivity contribution is 6.26. The first-order valence-corrected chi connectivity index (χ1v) is 3.58. The first-order chi connectivity index (χ1) is 4.72. The molecule has 0 aliphatic heterocycles. The molecule has 4 heteroatoms. The van der Waals surface area contributed by atoms with Crippen molar-refractivity contribution in [1.29, 1.82) is 0 Å². The average molecular weight is 169 g/mol. The van der Waals surface area contributed by atoms with Gasteiger partial charge in [0.25, 0.3) is 0 Å². The number of aliphatic hydroxyl groups is 1. The van der Waals surface area contributed by atoms with Crippen molar-refractivity contribution in [2.45, 2.75) is 13.8 Å². The number of carbonyl (C=O) groups is 1. The van der Waals surface area contributed by atoms with Gasteiger partial charge in [0.05, 0.1) is 6.61 Å². The van der Waals surface area contributed by atoms with E-state index in [1.165, 1.54) is 0 Å². The second-order valence-corrected chi connectivity index (χ2v) is 1.52. The minimum absolute atomic E-state index is 0.0478. The van der Waals surface area contributed by atoms with Gasteiger partial charge in [-0.1, -0.05) is 0 Å². The number of hydrogen-bond donors (Lipinski definition) is 1. The van der Waals surface area contributed by atoms with Crippen LogP contribution >= 0.6 is 11.6 Å². The lowest BCUT2D eigenvalue weighted by molar-refractivity contribution is -0.140. The zero-order valence-corrected chi connectivity index (χ0v) is 7.02. The van der Waals surface area contributed by atoms with Crippen molar-refractivity contribution in [3.05, 3.63) is 0 Å². The molecule has 10 heavy (non-hydrogen) atoms. The molecule has 0 aromatic carbocycles. The summed E-state index contributed by atoms with van der Waals surface area (Å²) in [4.78, 5) is 10.1. The van der Waals surface area contributed by atoms with Crippen molar-refractivity contribution in [1.82, 2.24) is 0 Å². The third-order valence-electron chi connectivity index (χ3n) is 0.414. The lowest BCUT2D eigenvalue weighted by Crippen LogP contribution is -2.03. The van der Waals surface area contributed by atoms with Crippen LogP contribution in [-0.2, 0) is 9.53 Å². The molecular formula is C6H13ClO3. The van der Waals surface area contributed by atoms with E-state index in [2.05, 4.69) is 4.74 Å². The third kappa shape index (κ3) is 15.6. The fraction of sp³-hybridized carbons (Fsp3) is 0.833. The molecule has 0 atom stereocenters. The Balaban J connectivity index is 0. The minimum atomic E-state index is -0.357. The van der Waals surface area contributed by atoms with Gasteiger partial charge in [-0.25, -0.2) is 0 Å². The molecule has 0 unspecified atom stereocenters. The molecule has 0 aromatic rings. The van der Waals surface area contributed by atoms with E-state index in [-0.39, 0.29) is 18.5 Å². The van der Waals surface area contributed by atoms with E-state index in [4.69, 9.17) is 16.7 Å². The zero-order valence-electron chi connectivity index (χ0n) is 6.26. The predicted molar refractivity (Wildman–Crippen MR) is 40.1 cm³/mol. The maximum Gasteiger partial charge on any atom is 0.320 e. The highest BCUT2D eigenvalue weighted by Crippen LogP contribution is 1.79. The molecule has 0 heterocycles. The van der Waals surface area contributed by atoms with Crippen LogP contribution in [0.4, 0.5) is 0 Å². The van der Waals surface area contributed by atoms with Gasteiger partial charge < -0.3 is 9.84 Å². The molecule has 0 saturated carbocycles. The number of ether oxygens (including phenoxy) is 1. The Morgan fingerprint density at radius 1 is 1.60 bits per heavy atom. The number of rotatable bonds is 2. The molecule has 3 nitrogen and oxygen atoms in total. The number of halogens is 1. The first-order valence-electron chi connectivity index (χ1n) is 3.05. The Morgan fingerprint density at radius 3 is 2.10 bits per heavy atom. The highest BCUT2D eigenvalue weighted by atomic mass is 35.5. The number of carbonyl (C=O) groups excluding carboxylic acids is 1.